The minimum absolute atomic E-state index is 0.247. The summed E-state index contributed by atoms with van der Waals surface area (Å²) >= 11 is 0. The zero-order chi connectivity index (χ0) is 54.4. The maximum absolute atomic E-state index is 11.3. The maximum Gasteiger partial charge on any atom is 0.0657 e. The Hall–Kier alpha value is -0.980. The van der Waals surface area contributed by atoms with Crippen LogP contribution in [0.3, 0.4) is 0 Å². The molecule has 11 rings (SSSR count). The molecule has 10 aliphatic carbocycles. The Balaban J connectivity index is 0.000000168. The summed E-state index contributed by atoms with van der Waals surface area (Å²) in [5, 5.41) is 44.3. The fourth-order valence-electron chi connectivity index (χ4n) is 21.0. The van der Waals surface area contributed by atoms with E-state index >= 15 is 0 Å². The van der Waals surface area contributed by atoms with Gasteiger partial charge in [-0.1, -0.05) is 112 Å². The van der Waals surface area contributed by atoms with Gasteiger partial charge in [0.15, 0.2) is 0 Å². The molecule has 0 radical (unpaired) electrons. The Morgan fingerprint density at radius 1 is 0.520 bits per heavy atom. The van der Waals surface area contributed by atoms with E-state index < -0.39 is 22.4 Å². The first kappa shape index (κ1) is 58.7. The summed E-state index contributed by atoms with van der Waals surface area (Å²) in [6.45, 7) is 38.1. The third kappa shape index (κ3) is 11.6. The van der Waals surface area contributed by atoms with Crippen molar-refractivity contribution in [1.82, 2.24) is 0 Å². The summed E-state index contributed by atoms with van der Waals surface area (Å²) < 4.78 is 4.94. The van der Waals surface area contributed by atoms with Crippen molar-refractivity contribution in [2.45, 2.75) is 292 Å². The molecule has 0 aromatic carbocycles. The van der Waals surface area contributed by atoms with Crippen LogP contribution in [0.2, 0.25) is 0 Å². The van der Waals surface area contributed by atoms with E-state index in [-0.39, 0.29) is 5.41 Å². The first-order chi connectivity index (χ1) is 34.9. The van der Waals surface area contributed by atoms with Crippen LogP contribution in [-0.4, -0.2) is 56.0 Å². The zero-order valence-corrected chi connectivity index (χ0v) is 51.1. The van der Waals surface area contributed by atoms with Gasteiger partial charge in [0.2, 0.25) is 0 Å². The number of aliphatic hydroxyl groups is 4. The molecule has 8 saturated carbocycles. The predicted molar refractivity (Wildman–Crippen MR) is 312 cm³/mol. The van der Waals surface area contributed by atoms with Crippen LogP contribution in [0, 0.1) is 97.6 Å². The zero-order valence-electron chi connectivity index (χ0n) is 51.1. The molecule has 5 heteroatoms. The first-order valence-electron chi connectivity index (χ1n) is 32.4. The van der Waals surface area contributed by atoms with Gasteiger partial charge in [0.1, 0.15) is 0 Å². The molecule has 1 aliphatic heterocycles. The number of allylic oxidation sites excluding steroid dienone is 3. The van der Waals surface area contributed by atoms with Crippen LogP contribution >= 0.6 is 0 Å². The van der Waals surface area contributed by atoms with Crippen LogP contribution < -0.4 is 0 Å². The van der Waals surface area contributed by atoms with E-state index in [2.05, 4.69) is 102 Å². The van der Waals surface area contributed by atoms with Gasteiger partial charge in [-0.3, -0.25) is 0 Å². The lowest BCUT2D eigenvalue weighted by Gasteiger charge is -2.60. The molecule has 4 N–H and O–H groups in total. The summed E-state index contributed by atoms with van der Waals surface area (Å²) in [6.07, 6.45) is 37.4. The van der Waals surface area contributed by atoms with Gasteiger partial charge >= 0.3 is 0 Å². The lowest BCUT2D eigenvalue weighted by molar-refractivity contribution is -0.0859. The highest BCUT2D eigenvalue weighted by atomic mass is 16.5. The molecule has 1 saturated heterocycles. The quantitative estimate of drug-likeness (QED) is 0.182. The Labute approximate surface area is 461 Å². The molecule has 0 spiro atoms. The monoisotopic (exact) mass is 1040 g/mol. The molecule has 0 bridgehead atoms. The standard InChI is InChI=1S/C33H56O2.C33H54O2.C4H8O/c2*1-22(10-13-33(35)18-14-29(3,4)15-19-33)25-8-9-26-28-23(2)20-24-21-30(5,34)16-17-31(24,6)27(28)11-12-32(25,26)7;1-2-4-5-3-1/h20,22-23,25-28,34-35H,8-19,21H2,1-7H3;20,22,25-28,34-35H,2,8-19,21H2,1,3-7H3;1-4H2/t22-,23?,25-,26+,27+,28+,30+,31+,32-;22-,25-,26+,27+,28+,30+,31+,32-;/m11./s1. The van der Waals surface area contributed by atoms with Gasteiger partial charge in [-0.2, -0.15) is 0 Å². The van der Waals surface area contributed by atoms with Gasteiger partial charge < -0.3 is 25.2 Å². The second-order valence-corrected chi connectivity index (χ2v) is 33.1. The van der Waals surface area contributed by atoms with E-state index in [0.29, 0.717) is 56.7 Å². The Bertz CT molecular complexity index is 2060. The van der Waals surface area contributed by atoms with E-state index in [1.165, 1.54) is 107 Å². The molecular formula is C70H118O5. The topological polar surface area (TPSA) is 90.2 Å². The first-order valence-corrected chi connectivity index (χ1v) is 32.4. The van der Waals surface area contributed by atoms with Crippen LogP contribution in [-0.2, 0) is 4.74 Å². The number of hydrogen-bond donors (Lipinski definition) is 4. The van der Waals surface area contributed by atoms with Crippen molar-refractivity contribution in [3.8, 4) is 0 Å². The average molecular weight is 1040 g/mol. The largest absolute Gasteiger partial charge is 0.390 e. The third-order valence-corrected chi connectivity index (χ3v) is 26.6. The maximum atomic E-state index is 11.3. The van der Waals surface area contributed by atoms with E-state index in [1.807, 2.05) is 6.92 Å². The summed E-state index contributed by atoms with van der Waals surface area (Å²) in [5.74, 6) is 8.15. The second kappa shape index (κ2) is 21.1. The molecule has 1 heterocycles. The highest BCUT2D eigenvalue weighted by molar-refractivity contribution is 5.38. The van der Waals surface area contributed by atoms with Crippen LogP contribution in [0.25, 0.3) is 0 Å². The van der Waals surface area contributed by atoms with Crippen molar-refractivity contribution < 1.29 is 25.2 Å². The van der Waals surface area contributed by atoms with Crippen molar-refractivity contribution in [3.05, 3.63) is 35.5 Å². The summed E-state index contributed by atoms with van der Waals surface area (Å²) in [6, 6.07) is 0. The van der Waals surface area contributed by atoms with Crippen LogP contribution in [0.15, 0.2) is 35.5 Å². The van der Waals surface area contributed by atoms with Crippen molar-refractivity contribution in [2.75, 3.05) is 13.2 Å². The van der Waals surface area contributed by atoms with E-state index in [4.69, 9.17) is 4.74 Å². The number of fused-ring (bicyclic) bond motifs is 10. The molecule has 0 amide bonds. The van der Waals surface area contributed by atoms with Crippen molar-refractivity contribution in [1.29, 1.82) is 0 Å². The highest BCUT2D eigenvalue weighted by Crippen LogP contribution is 2.71. The van der Waals surface area contributed by atoms with Gasteiger partial charge in [0, 0.05) is 13.2 Å². The second-order valence-electron chi connectivity index (χ2n) is 33.1. The van der Waals surface area contributed by atoms with Gasteiger partial charge in [-0.25, -0.2) is 0 Å². The lowest BCUT2D eigenvalue weighted by atomic mass is 9.44. The molecule has 1 unspecified atom stereocenters. The lowest BCUT2D eigenvalue weighted by Crippen LogP contribution is -2.54. The van der Waals surface area contributed by atoms with E-state index in [1.54, 1.807) is 5.57 Å². The van der Waals surface area contributed by atoms with Gasteiger partial charge in [-0.05, 0) is 291 Å². The Kier molecular flexibility index (Phi) is 16.5. The summed E-state index contributed by atoms with van der Waals surface area (Å²) in [4.78, 5) is 0. The van der Waals surface area contributed by atoms with Gasteiger partial charge in [0.05, 0.1) is 22.4 Å². The third-order valence-electron chi connectivity index (χ3n) is 26.6. The fourth-order valence-corrected chi connectivity index (χ4v) is 21.0. The minimum Gasteiger partial charge on any atom is -0.390 e. The molecule has 75 heavy (non-hydrogen) atoms. The molecule has 17 atom stereocenters. The minimum atomic E-state index is -0.548. The van der Waals surface area contributed by atoms with Crippen LogP contribution in [0.1, 0.15) is 270 Å². The van der Waals surface area contributed by atoms with Crippen LogP contribution in [0.5, 0.6) is 0 Å². The molecule has 5 nitrogen and oxygen atoms in total. The smallest absolute Gasteiger partial charge is 0.0657 e. The summed E-state index contributed by atoms with van der Waals surface area (Å²) in [5.41, 5.74) is 4.79. The van der Waals surface area contributed by atoms with Crippen LogP contribution in [0.4, 0.5) is 0 Å². The molecule has 428 valence electrons. The van der Waals surface area contributed by atoms with Gasteiger partial charge in [-0.15, -0.1) is 0 Å². The Morgan fingerprint density at radius 2 is 0.960 bits per heavy atom. The predicted octanol–water partition coefficient (Wildman–Crippen LogP) is 17.3. The molecular weight excluding hydrogens is 921 g/mol. The van der Waals surface area contributed by atoms with Gasteiger partial charge in [0.25, 0.3) is 0 Å². The molecule has 9 fully saturated rings. The normalized spacial score (nSPS) is 46.7. The van der Waals surface area contributed by atoms with Crippen molar-refractivity contribution in [2.24, 2.45) is 97.6 Å². The Morgan fingerprint density at radius 3 is 1.44 bits per heavy atom. The van der Waals surface area contributed by atoms with E-state index in [0.717, 1.165) is 132 Å². The average Bonchev–Trinajstić information content (AvgIpc) is 4.12. The fraction of sp³-hybridized carbons (Fsp3) is 0.914. The van der Waals surface area contributed by atoms with Crippen molar-refractivity contribution in [3.63, 3.8) is 0 Å². The SMILES string of the molecule is C1CCOC1.C=C1C=C2C[C@@](C)(O)CC[C@]2(C)[C@H]2CC[C@]3(C)[C@@H]([C@H](C)CCC4(O)CCC(C)(C)CC4)CC[C@H]3[C@H]12.CC1C=C2C[C@@](C)(O)CC[C@]2(C)[C@H]2CC[C@]3(C)[C@@H]([C@H](C)CCC4(O)CCC(C)(C)CC4)CC[C@H]3[C@H]12. The molecule has 0 aromatic rings. The van der Waals surface area contributed by atoms with E-state index in [9.17, 15) is 20.4 Å². The number of hydrogen-bond acceptors (Lipinski definition) is 5. The number of ether oxygens (including phenoxy) is 1. The van der Waals surface area contributed by atoms with Crippen molar-refractivity contribution >= 4 is 0 Å². The summed E-state index contributed by atoms with van der Waals surface area (Å²) in [7, 11) is 0. The molecule has 0 aromatic heterocycles. The number of rotatable bonds is 8. The highest BCUT2D eigenvalue weighted by Gasteiger charge is 2.63. The molecule has 11 aliphatic rings.